The highest BCUT2D eigenvalue weighted by molar-refractivity contribution is 7.98. The van der Waals surface area contributed by atoms with Crippen molar-refractivity contribution in [2.45, 2.75) is 12.5 Å². The summed E-state index contributed by atoms with van der Waals surface area (Å²) in [4.78, 5) is 16.5. The topological polar surface area (TPSA) is 46.9 Å². The number of thioether (sulfide) groups is 1. The minimum atomic E-state index is -0.238. The smallest absolute Gasteiger partial charge is 0.248 e. The second kappa shape index (κ2) is 7.36. The number of nitrogens with one attached hydrogen (secondary N) is 1. The van der Waals surface area contributed by atoms with Crippen LogP contribution in [0.1, 0.15) is 12.5 Å². The van der Waals surface area contributed by atoms with Gasteiger partial charge in [0.15, 0.2) is 0 Å². The number of carbonyl (C=O) groups excluding carboxylic acids is 1. The van der Waals surface area contributed by atoms with Crippen LogP contribution in [0.4, 0.5) is 5.82 Å². The van der Waals surface area contributed by atoms with Gasteiger partial charge < -0.3 is 9.88 Å². The van der Waals surface area contributed by atoms with Gasteiger partial charge in [-0.15, -0.1) is 0 Å². The molecule has 1 amide bonds. The molecule has 1 N–H and O–H groups in total. The third-order valence-corrected chi connectivity index (χ3v) is 3.74. The highest BCUT2D eigenvalue weighted by Crippen LogP contribution is 2.18. The number of pyridine rings is 1. The summed E-state index contributed by atoms with van der Waals surface area (Å²) in [7, 11) is 0. The molecule has 0 saturated carbocycles. The van der Waals surface area contributed by atoms with Gasteiger partial charge in [0.25, 0.3) is 0 Å². The van der Waals surface area contributed by atoms with Gasteiger partial charge in [0.05, 0.1) is 0 Å². The van der Waals surface area contributed by atoms with Crippen LogP contribution in [-0.4, -0.2) is 27.5 Å². The Morgan fingerprint density at radius 2 is 2.25 bits per heavy atom. The zero-order valence-corrected chi connectivity index (χ0v) is 12.7. The summed E-state index contributed by atoms with van der Waals surface area (Å²) in [6.07, 6.45) is 8.17. The van der Waals surface area contributed by atoms with E-state index in [1.165, 1.54) is 0 Å². The lowest BCUT2D eigenvalue weighted by Crippen LogP contribution is -2.26. The number of halogens is 1. The molecule has 2 aromatic rings. The van der Waals surface area contributed by atoms with Crippen molar-refractivity contribution in [1.82, 2.24) is 9.55 Å². The molecule has 0 saturated heterocycles. The molecule has 2 aromatic heterocycles. The van der Waals surface area contributed by atoms with Crippen LogP contribution in [0.15, 0.2) is 42.9 Å². The average Bonchev–Trinajstić information content (AvgIpc) is 2.93. The average molecular weight is 310 g/mol. The fourth-order valence-electron chi connectivity index (χ4n) is 1.88. The lowest BCUT2D eigenvalue weighted by Gasteiger charge is -2.18. The van der Waals surface area contributed by atoms with E-state index < -0.39 is 0 Å². The molecule has 0 aliphatic rings. The van der Waals surface area contributed by atoms with Crippen molar-refractivity contribution in [2.24, 2.45) is 0 Å². The van der Waals surface area contributed by atoms with Gasteiger partial charge >= 0.3 is 0 Å². The molecule has 2 rings (SSSR count). The number of nitrogens with zero attached hydrogens (tertiary/aromatic N) is 2. The molecule has 0 aromatic carbocycles. The van der Waals surface area contributed by atoms with E-state index in [2.05, 4.69) is 10.3 Å². The van der Waals surface area contributed by atoms with Crippen molar-refractivity contribution >= 4 is 35.1 Å². The summed E-state index contributed by atoms with van der Waals surface area (Å²) in [6, 6.07) is 6.90. The number of hydrogen-bond donors (Lipinski definition) is 1. The first-order valence-electron chi connectivity index (χ1n) is 6.24. The third-order valence-electron chi connectivity index (χ3n) is 2.86. The van der Waals surface area contributed by atoms with Gasteiger partial charge in [-0.1, -0.05) is 11.6 Å². The quantitative estimate of drug-likeness (QED) is 0.889. The van der Waals surface area contributed by atoms with E-state index in [1.54, 1.807) is 30.1 Å². The minimum absolute atomic E-state index is 0.0787. The second-order valence-corrected chi connectivity index (χ2v) is 5.70. The molecule has 0 radical (unpaired) electrons. The predicted molar refractivity (Wildman–Crippen MR) is 84.3 cm³/mol. The molecule has 0 aliphatic carbocycles. The summed E-state index contributed by atoms with van der Waals surface area (Å²) in [5.41, 5.74) is 0. The first-order valence-corrected chi connectivity index (χ1v) is 8.01. The first-order chi connectivity index (χ1) is 9.70. The molecule has 2 heterocycles. The van der Waals surface area contributed by atoms with Gasteiger partial charge in [-0.3, -0.25) is 4.79 Å². The Kier molecular flexibility index (Phi) is 5.49. The van der Waals surface area contributed by atoms with Gasteiger partial charge in [-0.2, -0.15) is 11.8 Å². The fraction of sp³-hybridized carbons (Fsp3) is 0.286. The van der Waals surface area contributed by atoms with Gasteiger partial charge in [0.1, 0.15) is 11.9 Å². The highest BCUT2D eigenvalue weighted by Gasteiger charge is 2.19. The van der Waals surface area contributed by atoms with Crippen molar-refractivity contribution in [3.8, 4) is 0 Å². The van der Waals surface area contributed by atoms with Gasteiger partial charge in [0, 0.05) is 23.6 Å². The summed E-state index contributed by atoms with van der Waals surface area (Å²) in [5.74, 6) is 1.31. The van der Waals surface area contributed by atoms with E-state index in [-0.39, 0.29) is 11.9 Å². The van der Waals surface area contributed by atoms with Gasteiger partial charge in [0.2, 0.25) is 5.91 Å². The van der Waals surface area contributed by atoms with E-state index in [0.29, 0.717) is 10.8 Å². The minimum Gasteiger partial charge on any atom is -0.342 e. The van der Waals surface area contributed by atoms with E-state index in [0.717, 1.165) is 12.2 Å². The maximum atomic E-state index is 12.4. The summed E-state index contributed by atoms with van der Waals surface area (Å²) < 4.78 is 1.91. The molecule has 0 fully saturated rings. The van der Waals surface area contributed by atoms with E-state index in [4.69, 9.17) is 11.6 Å². The number of anilines is 1. The van der Waals surface area contributed by atoms with E-state index in [1.807, 2.05) is 35.3 Å². The molecule has 0 aliphatic heterocycles. The fourth-order valence-corrected chi connectivity index (χ4v) is 2.50. The zero-order chi connectivity index (χ0) is 14.4. The number of carbonyl (C=O) groups is 1. The largest absolute Gasteiger partial charge is 0.342 e. The van der Waals surface area contributed by atoms with Crippen molar-refractivity contribution < 1.29 is 4.79 Å². The molecule has 0 spiro atoms. The number of hydrogen-bond acceptors (Lipinski definition) is 3. The van der Waals surface area contributed by atoms with Crippen LogP contribution in [0.5, 0.6) is 0 Å². The van der Waals surface area contributed by atoms with E-state index >= 15 is 0 Å². The van der Waals surface area contributed by atoms with Gasteiger partial charge in [-0.25, -0.2) is 4.98 Å². The zero-order valence-electron chi connectivity index (χ0n) is 11.1. The Morgan fingerprint density at radius 3 is 2.90 bits per heavy atom. The second-order valence-electron chi connectivity index (χ2n) is 4.28. The summed E-state index contributed by atoms with van der Waals surface area (Å²) >= 11 is 7.61. The van der Waals surface area contributed by atoms with Crippen molar-refractivity contribution in [3.05, 3.63) is 47.9 Å². The van der Waals surface area contributed by atoms with Crippen LogP contribution in [0, 0.1) is 0 Å². The maximum Gasteiger partial charge on any atom is 0.248 e. The van der Waals surface area contributed by atoms with Crippen molar-refractivity contribution in [1.29, 1.82) is 0 Å². The Bertz CT molecular complexity index is 559. The molecular weight excluding hydrogens is 294 g/mol. The standard InChI is InChI=1S/C14H16ClN3OS/c1-20-9-5-12(18-7-2-3-8-18)14(19)17-13-10-11(15)4-6-16-13/h2-4,6-8,10,12H,5,9H2,1H3,(H,16,17,19)/t12-/m1/s1. The summed E-state index contributed by atoms with van der Waals surface area (Å²) in [6.45, 7) is 0. The van der Waals surface area contributed by atoms with Crippen LogP contribution >= 0.6 is 23.4 Å². The molecule has 1 atom stereocenters. The Hall–Kier alpha value is -1.46. The van der Waals surface area contributed by atoms with Crippen LogP contribution in [-0.2, 0) is 4.79 Å². The lowest BCUT2D eigenvalue weighted by atomic mass is 10.2. The number of rotatable bonds is 6. The molecule has 0 bridgehead atoms. The third kappa shape index (κ3) is 4.02. The Balaban J connectivity index is 2.10. The number of amides is 1. The van der Waals surface area contributed by atoms with Crippen LogP contribution < -0.4 is 5.32 Å². The van der Waals surface area contributed by atoms with Crippen molar-refractivity contribution in [3.63, 3.8) is 0 Å². The van der Waals surface area contributed by atoms with Crippen molar-refractivity contribution in [2.75, 3.05) is 17.3 Å². The highest BCUT2D eigenvalue weighted by atomic mass is 35.5. The maximum absolute atomic E-state index is 12.4. The van der Waals surface area contributed by atoms with Crippen LogP contribution in [0.2, 0.25) is 5.02 Å². The van der Waals surface area contributed by atoms with Gasteiger partial charge in [-0.05, 0) is 42.7 Å². The molecule has 20 heavy (non-hydrogen) atoms. The lowest BCUT2D eigenvalue weighted by molar-refractivity contribution is -0.119. The first kappa shape index (κ1) is 14.9. The Morgan fingerprint density at radius 1 is 1.50 bits per heavy atom. The predicted octanol–water partition coefficient (Wildman–Crippen LogP) is 3.47. The molecule has 0 unspecified atom stereocenters. The monoisotopic (exact) mass is 309 g/mol. The number of aromatic nitrogens is 2. The van der Waals surface area contributed by atoms with E-state index in [9.17, 15) is 4.79 Å². The summed E-state index contributed by atoms with van der Waals surface area (Å²) in [5, 5.41) is 3.37. The molecular formula is C14H16ClN3OS. The normalized spacial score (nSPS) is 12.1. The molecule has 106 valence electrons. The van der Waals surface area contributed by atoms with Crippen LogP contribution in [0.25, 0.3) is 0 Å². The molecule has 6 heteroatoms. The van der Waals surface area contributed by atoms with Crippen LogP contribution in [0.3, 0.4) is 0 Å². The SMILES string of the molecule is CSCC[C@H](C(=O)Nc1cc(Cl)ccn1)n1cccc1. The molecule has 4 nitrogen and oxygen atoms in total. The Labute approximate surface area is 127 Å².